The van der Waals surface area contributed by atoms with Gasteiger partial charge in [-0.3, -0.25) is 19.2 Å². The molecule has 0 spiro atoms. The number of carbonyl (C=O) groups excluding carboxylic acids is 2. The second kappa shape index (κ2) is 13.4. The van der Waals surface area contributed by atoms with Crippen LogP contribution in [0.2, 0.25) is 0 Å². The summed E-state index contributed by atoms with van der Waals surface area (Å²) < 4.78 is 17.1. The Morgan fingerprint density at radius 1 is 0.977 bits per heavy atom. The van der Waals surface area contributed by atoms with Crippen LogP contribution in [0.3, 0.4) is 0 Å². The van der Waals surface area contributed by atoms with Crippen molar-refractivity contribution in [2.24, 2.45) is 11.8 Å². The third-order valence-electron chi connectivity index (χ3n) is 8.32. The molecular weight excluding hydrogens is 554 g/mol. The lowest BCUT2D eigenvalue weighted by Crippen LogP contribution is -2.49. The molecule has 2 atom stereocenters. The molecule has 0 radical (unpaired) electrons. The van der Waals surface area contributed by atoms with Crippen LogP contribution in [0, 0.1) is 11.8 Å². The normalized spacial score (nSPS) is 17.2. The van der Waals surface area contributed by atoms with E-state index in [0.717, 1.165) is 11.1 Å². The molecule has 0 saturated carbocycles. The number of anilines is 1. The number of methoxy groups -OCH3 is 3. The second-order valence-corrected chi connectivity index (χ2v) is 11.4. The highest BCUT2D eigenvalue weighted by Crippen LogP contribution is 2.50. The first kappa shape index (κ1) is 31.7. The number of nitrogens with zero attached hydrogens (tertiary/aromatic N) is 1. The maximum Gasteiger partial charge on any atom is 0.306 e. The van der Waals surface area contributed by atoms with Crippen LogP contribution in [-0.2, 0) is 20.8 Å². The van der Waals surface area contributed by atoms with E-state index in [4.69, 9.17) is 14.2 Å². The average Bonchev–Trinajstić information content (AvgIpc) is 3.22. The quantitative estimate of drug-likeness (QED) is 0.396. The SMILES string of the molecule is COc1cc2c(c(OC)c1OC)-c1ccc(N[C@@H](C(=O)N3CCC(C(=O)O)CC3)C(C)C)c(=O)cc1[C@H](NC(C)=O)CC2. The van der Waals surface area contributed by atoms with Gasteiger partial charge in [0.25, 0.3) is 0 Å². The van der Waals surface area contributed by atoms with Crippen molar-refractivity contribution in [2.75, 3.05) is 39.7 Å². The highest BCUT2D eigenvalue weighted by Gasteiger charge is 2.33. The van der Waals surface area contributed by atoms with E-state index in [1.54, 1.807) is 25.2 Å². The van der Waals surface area contributed by atoms with Crippen LogP contribution in [0.25, 0.3) is 11.1 Å². The Morgan fingerprint density at radius 2 is 1.65 bits per heavy atom. The highest BCUT2D eigenvalue weighted by atomic mass is 16.5. The zero-order valence-corrected chi connectivity index (χ0v) is 25.6. The molecule has 2 amide bonds. The zero-order valence-electron chi connectivity index (χ0n) is 25.6. The number of carbonyl (C=O) groups is 3. The summed E-state index contributed by atoms with van der Waals surface area (Å²) in [7, 11) is 4.62. The van der Waals surface area contributed by atoms with E-state index in [9.17, 15) is 24.3 Å². The van der Waals surface area contributed by atoms with Crippen molar-refractivity contribution in [1.29, 1.82) is 0 Å². The molecule has 1 heterocycles. The van der Waals surface area contributed by atoms with Gasteiger partial charge < -0.3 is 34.9 Å². The Bertz CT molecular complexity index is 1450. The molecule has 3 N–H and O–H groups in total. The summed E-state index contributed by atoms with van der Waals surface area (Å²) in [6.07, 6.45) is 1.90. The van der Waals surface area contributed by atoms with Crippen LogP contribution in [-0.4, -0.2) is 68.3 Å². The molecule has 11 heteroatoms. The Kier molecular flexibility index (Phi) is 9.83. The first-order valence-electron chi connectivity index (χ1n) is 14.6. The molecule has 1 saturated heterocycles. The van der Waals surface area contributed by atoms with Crippen molar-refractivity contribution >= 4 is 23.5 Å². The molecular formula is C32H41N3O8. The van der Waals surface area contributed by atoms with Gasteiger partial charge in [0.15, 0.2) is 11.5 Å². The number of nitrogens with one attached hydrogen (secondary N) is 2. The third kappa shape index (κ3) is 6.55. The molecule has 4 rings (SSSR count). The van der Waals surface area contributed by atoms with E-state index in [1.165, 1.54) is 20.1 Å². The van der Waals surface area contributed by atoms with E-state index >= 15 is 0 Å². The topological polar surface area (TPSA) is 144 Å². The summed E-state index contributed by atoms with van der Waals surface area (Å²) in [4.78, 5) is 52.6. The van der Waals surface area contributed by atoms with Crippen LogP contribution in [0.1, 0.15) is 57.2 Å². The molecule has 1 fully saturated rings. The lowest BCUT2D eigenvalue weighted by atomic mass is 9.95. The predicted molar refractivity (Wildman–Crippen MR) is 162 cm³/mol. The van der Waals surface area contributed by atoms with Crippen molar-refractivity contribution in [2.45, 2.75) is 58.5 Å². The van der Waals surface area contributed by atoms with Gasteiger partial charge in [-0.25, -0.2) is 0 Å². The number of fused-ring (bicyclic) bond motifs is 3. The molecule has 0 aromatic heterocycles. The van der Waals surface area contributed by atoms with E-state index in [1.807, 2.05) is 26.0 Å². The van der Waals surface area contributed by atoms with Crippen molar-refractivity contribution in [1.82, 2.24) is 10.2 Å². The minimum Gasteiger partial charge on any atom is -0.493 e. The van der Waals surface area contributed by atoms with Crippen LogP contribution < -0.4 is 30.3 Å². The summed E-state index contributed by atoms with van der Waals surface area (Å²) in [5, 5.41) is 15.5. The van der Waals surface area contributed by atoms with Gasteiger partial charge in [-0.15, -0.1) is 0 Å². The van der Waals surface area contributed by atoms with Gasteiger partial charge in [0.05, 0.1) is 39.0 Å². The zero-order chi connectivity index (χ0) is 31.4. The molecule has 2 aromatic rings. The molecule has 11 nitrogen and oxygen atoms in total. The molecule has 0 bridgehead atoms. The van der Waals surface area contributed by atoms with Crippen molar-refractivity contribution in [3.05, 3.63) is 45.6 Å². The number of likely N-dealkylation sites (tertiary alicyclic amines) is 1. The molecule has 1 aliphatic carbocycles. The van der Waals surface area contributed by atoms with Gasteiger partial charge in [-0.2, -0.15) is 0 Å². The molecule has 2 aliphatic rings. The number of piperidine rings is 1. The lowest BCUT2D eigenvalue weighted by Gasteiger charge is -2.34. The minimum absolute atomic E-state index is 0.155. The maximum atomic E-state index is 13.8. The Labute approximate surface area is 251 Å². The van der Waals surface area contributed by atoms with Gasteiger partial charge >= 0.3 is 5.97 Å². The minimum atomic E-state index is -0.843. The average molecular weight is 596 g/mol. The van der Waals surface area contributed by atoms with E-state index < -0.39 is 24.0 Å². The third-order valence-corrected chi connectivity index (χ3v) is 8.32. The van der Waals surface area contributed by atoms with E-state index in [2.05, 4.69) is 10.6 Å². The fourth-order valence-corrected chi connectivity index (χ4v) is 6.05. The van der Waals surface area contributed by atoms with Crippen LogP contribution >= 0.6 is 0 Å². The fraction of sp³-hybridized carbons (Fsp3) is 0.500. The standard InChI is InChI=1S/C32H41N3O8/c1-17(2)28(31(38)35-13-11-19(12-14-35)32(39)40)34-24-10-8-21-22(16-25(24)37)23(33-18(3)36)9-7-20-15-26(41-4)29(42-5)30(43-6)27(20)21/h8,10,15-17,19,23,28H,7,9,11-14H2,1-6H3,(H,33,36)(H,34,37)(H,39,40)/t23-,28-/m1/s1. The maximum absolute atomic E-state index is 13.8. The smallest absolute Gasteiger partial charge is 0.306 e. The largest absolute Gasteiger partial charge is 0.493 e. The van der Waals surface area contributed by atoms with E-state index in [-0.39, 0.29) is 28.8 Å². The molecule has 0 unspecified atom stereocenters. The van der Waals surface area contributed by atoms with Crippen LogP contribution in [0.5, 0.6) is 17.2 Å². The Morgan fingerprint density at radius 3 is 2.21 bits per heavy atom. The molecule has 232 valence electrons. The number of aliphatic carboxylic acids is 1. The number of rotatable bonds is 9. The number of ether oxygens (including phenoxy) is 3. The summed E-state index contributed by atoms with van der Waals surface area (Å²) >= 11 is 0. The number of hydrogen-bond acceptors (Lipinski definition) is 8. The van der Waals surface area contributed by atoms with Crippen LogP contribution in [0.4, 0.5) is 5.69 Å². The summed E-state index contributed by atoms with van der Waals surface area (Å²) in [6.45, 7) is 5.94. The Hall–Kier alpha value is -4.28. The molecule has 1 aliphatic heterocycles. The predicted octanol–water partition coefficient (Wildman–Crippen LogP) is 3.62. The van der Waals surface area contributed by atoms with Crippen molar-refractivity contribution < 1.29 is 33.7 Å². The second-order valence-electron chi connectivity index (χ2n) is 11.4. The number of amides is 2. The fourth-order valence-electron chi connectivity index (χ4n) is 6.05. The highest BCUT2D eigenvalue weighted by molar-refractivity contribution is 5.86. The lowest BCUT2D eigenvalue weighted by molar-refractivity contribution is -0.146. The van der Waals surface area contributed by atoms with Gasteiger partial charge in [-0.05, 0) is 66.5 Å². The van der Waals surface area contributed by atoms with Crippen molar-refractivity contribution in [3.8, 4) is 28.4 Å². The molecule has 2 aromatic carbocycles. The molecule has 43 heavy (non-hydrogen) atoms. The number of benzene rings is 1. The van der Waals surface area contributed by atoms with Crippen LogP contribution in [0.15, 0.2) is 29.1 Å². The van der Waals surface area contributed by atoms with E-state index in [0.29, 0.717) is 67.1 Å². The first-order chi connectivity index (χ1) is 20.5. The first-order valence-corrected chi connectivity index (χ1v) is 14.6. The number of aryl methyl sites for hydroxylation is 1. The monoisotopic (exact) mass is 595 g/mol. The van der Waals surface area contributed by atoms with Crippen molar-refractivity contribution in [3.63, 3.8) is 0 Å². The van der Waals surface area contributed by atoms with Gasteiger partial charge in [-0.1, -0.05) is 19.9 Å². The number of hydrogen-bond donors (Lipinski definition) is 3. The Balaban J connectivity index is 1.81. The summed E-state index contributed by atoms with van der Waals surface area (Å²) in [5.41, 5.74) is 2.88. The summed E-state index contributed by atoms with van der Waals surface area (Å²) in [6, 6.07) is 5.73. The van der Waals surface area contributed by atoms with Gasteiger partial charge in [0.1, 0.15) is 6.04 Å². The summed E-state index contributed by atoms with van der Waals surface area (Å²) in [5.74, 6) is -0.476. The van der Waals surface area contributed by atoms with Gasteiger partial charge in [0, 0.05) is 25.6 Å². The van der Waals surface area contributed by atoms with Gasteiger partial charge in [0.2, 0.25) is 23.0 Å². The number of carboxylic acid groups (broad SMARTS) is 1. The number of carboxylic acids is 1.